The fraction of sp³-hybridized carbons (Fsp3) is 0.125. The zero-order chi connectivity index (χ0) is 17.0. The molecule has 0 heterocycles. The van der Waals surface area contributed by atoms with Gasteiger partial charge in [0, 0.05) is 10.5 Å². The van der Waals surface area contributed by atoms with Crippen LogP contribution >= 0.6 is 11.8 Å². The molecule has 23 heavy (non-hydrogen) atoms. The Morgan fingerprint density at radius 3 is 2.22 bits per heavy atom. The molecule has 120 valence electrons. The van der Waals surface area contributed by atoms with Crippen LogP contribution in [0.4, 0.5) is 0 Å². The summed E-state index contributed by atoms with van der Waals surface area (Å²) >= 11 is 0.944. The number of rotatable bonds is 6. The molecule has 1 unspecified atom stereocenters. The molecule has 0 spiro atoms. The van der Waals surface area contributed by atoms with Crippen molar-refractivity contribution in [1.29, 1.82) is 0 Å². The van der Waals surface area contributed by atoms with Gasteiger partial charge in [0.15, 0.2) is 11.5 Å². The van der Waals surface area contributed by atoms with Gasteiger partial charge >= 0.3 is 11.9 Å². The lowest BCUT2D eigenvalue weighted by Gasteiger charge is -2.11. The van der Waals surface area contributed by atoms with E-state index in [4.69, 9.17) is 10.2 Å². The smallest absolute Gasteiger partial charge is 0.317 e. The van der Waals surface area contributed by atoms with Crippen molar-refractivity contribution >= 4 is 23.7 Å². The Bertz CT molecular complexity index is 726. The van der Waals surface area contributed by atoms with Gasteiger partial charge in [-0.05, 0) is 23.8 Å². The van der Waals surface area contributed by atoms with E-state index >= 15 is 0 Å². The maximum atomic E-state index is 11.1. The lowest BCUT2D eigenvalue weighted by molar-refractivity contribution is -0.142. The zero-order valence-corrected chi connectivity index (χ0v) is 12.7. The van der Waals surface area contributed by atoms with Crippen molar-refractivity contribution in [3.63, 3.8) is 0 Å². The molecule has 0 bridgehead atoms. The first kappa shape index (κ1) is 16.7. The number of thioether (sulfide) groups is 1. The van der Waals surface area contributed by atoms with E-state index in [0.29, 0.717) is 16.0 Å². The summed E-state index contributed by atoms with van der Waals surface area (Å²) in [6.07, 6.45) is -0.477. The van der Waals surface area contributed by atoms with Gasteiger partial charge in [-0.2, -0.15) is 0 Å². The molecule has 0 saturated carbocycles. The van der Waals surface area contributed by atoms with Crippen LogP contribution in [0.5, 0.6) is 11.5 Å². The lowest BCUT2D eigenvalue weighted by atomic mass is 10.0. The van der Waals surface area contributed by atoms with Gasteiger partial charge in [0.1, 0.15) is 5.25 Å². The number of aromatic hydroxyl groups is 2. The molecule has 0 aliphatic carbocycles. The van der Waals surface area contributed by atoms with Gasteiger partial charge in [-0.15, -0.1) is 11.8 Å². The van der Waals surface area contributed by atoms with Crippen LogP contribution in [-0.2, 0) is 9.59 Å². The second-order valence-corrected chi connectivity index (χ2v) is 6.02. The van der Waals surface area contributed by atoms with E-state index in [-0.39, 0.29) is 11.5 Å². The van der Waals surface area contributed by atoms with Crippen molar-refractivity contribution in [3.8, 4) is 22.6 Å². The number of phenolic OH excluding ortho intramolecular Hbond substituents is 2. The number of carboxylic acid groups (broad SMARTS) is 2. The highest BCUT2D eigenvalue weighted by atomic mass is 32.2. The molecule has 2 aromatic carbocycles. The van der Waals surface area contributed by atoms with Crippen LogP contribution < -0.4 is 0 Å². The fourth-order valence-corrected chi connectivity index (χ4v) is 2.93. The van der Waals surface area contributed by atoms with Crippen LogP contribution in [0.25, 0.3) is 11.1 Å². The molecule has 2 rings (SSSR count). The zero-order valence-electron chi connectivity index (χ0n) is 11.8. The number of carbonyl (C=O) groups is 2. The van der Waals surface area contributed by atoms with E-state index < -0.39 is 23.6 Å². The number of phenols is 2. The maximum Gasteiger partial charge on any atom is 0.317 e. The van der Waals surface area contributed by atoms with E-state index in [1.807, 2.05) is 0 Å². The topological polar surface area (TPSA) is 115 Å². The second-order valence-electron chi connectivity index (χ2n) is 4.74. The van der Waals surface area contributed by atoms with Crippen molar-refractivity contribution in [2.75, 3.05) is 0 Å². The molecule has 2 aromatic rings. The highest BCUT2D eigenvalue weighted by Gasteiger charge is 2.22. The SMILES string of the molecule is O=C(O)CC(Sc1ccc(-c2cccc(O)c2O)cc1)C(=O)O. The number of hydrogen-bond acceptors (Lipinski definition) is 5. The quantitative estimate of drug-likeness (QED) is 0.474. The van der Waals surface area contributed by atoms with Crippen LogP contribution in [0.2, 0.25) is 0 Å². The van der Waals surface area contributed by atoms with E-state index in [2.05, 4.69) is 0 Å². The Hall–Kier alpha value is -2.67. The third-order valence-corrected chi connectivity index (χ3v) is 4.29. The molecule has 1 atom stereocenters. The number of aliphatic carboxylic acids is 2. The standard InChI is InChI=1S/C16H14O6S/c17-12-3-1-2-11(15(12)20)9-4-6-10(7-5-9)23-13(16(21)22)8-14(18)19/h1-7,13,17,20H,8H2,(H,18,19)(H,21,22). The molecule has 0 aliphatic heterocycles. The number of hydrogen-bond donors (Lipinski definition) is 4. The number of para-hydroxylation sites is 1. The molecular formula is C16H14O6S. The second kappa shape index (κ2) is 7.06. The van der Waals surface area contributed by atoms with Crippen LogP contribution in [-0.4, -0.2) is 37.6 Å². The first-order valence-corrected chi connectivity index (χ1v) is 7.49. The summed E-state index contributed by atoms with van der Waals surface area (Å²) < 4.78 is 0. The average molecular weight is 334 g/mol. The summed E-state index contributed by atoms with van der Waals surface area (Å²) in [6.45, 7) is 0. The summed E-state index contributed by atoms with van der Waals surface area (Å²) in [6, 6.07) is 11.2. The summed E-state index contributed by atoms with van der Waals surface area (Å²) in [5.41, 5.74) is 1.09. The molecule has 0 fully saturated rings. The van der Waals surface area contributed by atoms with Gasteiger partial charge in [0.05, 0.1) is 6.42 Å². The fourth-order valence-electron chi connectivity index (χ4n) is 1.98. The van der Waals surface area contributed by atoms with Crippen molar-refractivity contribution in [2.45, 2.75) is 16.6 Å². The Morgan fingerprint density at radius 1 is 1.00 bits per heavy atom. The van der Waals surface area contributed by atoms with Crippen LogP contribution in [0.15, 0.2) is 47.4 Å². The molecule has 4 N–H and O–H groups in total. The molecular weight excluding hydrogens is 320 g/mol. The first-order chi connectivity index (χ1) is 10.9. The average Bonchev–Trinajstić information content (AvgIpc) is 2.50. The highest BCUT2D eigenvalue weighted by molar-refractivity contribution is 8.00. The van der Waals surface area contributed by atoms with E-state index in [0.717, 1.165) is 11.8 Å². The minimum absolute atomic E-state index is 0.228. The Morgan fingerprint density at radius 2 is 1.65 bits per heavy atom. The predicted molar refractivity (Wildman–Crippen MR) is 84.7 cm³/mol. The molecule has 6 nitrogen and oxygen atoms in total. The van der Waals surface area contributed by atoms with Gasteiger partial charge in [0.2, 0.25) is 0 Å². The molecule has 7 heteroatoms. The normalized spacial score (nSPS) is 11.8. The minimum Gasteiger partial charge on any atom is -0.504 e. The monoisotopic (exact) mass is 334 g/mol. The molecule has 0 aliphatic rings. The van der Waals surface area contributed by atoms with Crippen molar-refractivity contribution in [1.82, 2.24) is 0 Å². The van der Waals surface area contributed by atoms with Crippen LogP contribution in [0.1, 0.15) is 6.42 Å². The predicted octanol–water partition coefficient (Wildman–Crippen LogP) is 2.78. The van der Waals surface area contributed by atoms with Crippen molar-refractivity contribution in [3.05, 3.63) is 42.5 Å². The minimum atomic E-state index is -1.19. The molecule has 0 amide bonds. The van der Waals surface area contributed by atoms with E-state index in [1.165, 1.54) is 6.07 Å². The summed E-state index contributed by atoms with van der Waals surface area (Å²) in [4.78, 5) is 22.3. The van der Waals surface area contributed by atoms with E-state index in [9.17, 15) is 19.8 Å². The molecule has 0 saturated heterocycles. The van der Waals surface area contributed by atoms with Gasteiger partial charge in [-0.1, -0.05) is 24.3 Å². The van der Waals surface area contributed by atoms with Gasteiger partial charge in [-0.3, -0.25) is 9.59 Å². The maximum absolute atomic E-state index is 11.1. The van der Waals surface area contributed by atoms with Crippen LogP contribution in [0, 0.1) is 0 Å². The summed E-state index contributed by atoms with van der Waals surface area (Å²) in [7, 11) is 0. The Balaban J connectivity index is 2.20. The van der Waals surface area contributed by atoms with Gasteiger partial charge in [0.25, 0.3) is 0 Å². The van der Waals surface area contributed by atoms with Crippen LogP contribution in [0.3, 0.4) is 0 Å². The van der Waals surface area contributed by atoms with E-state index in [1.54, 1.807) is 36.4 Å². The van der Waals surface area contributed by atoms with Crippen molar-refractivity contribution < 1.29 is 30.0 Å². The highest BCUT2D eigenvalue weighted by Crippen LogP contribution is 2.37. The molecule has 0 radical (unpaired) electrons. The van der Waals surface area contributed by atoms with Crippen molar-refractivity contribution in [2.24, 2.45) is 0 Å². The Labute approximate surface area is 136 Å². The summed E-state index contributed by atoms with van der Waals surface area (Å²) in [5.74, 6) is -2.83. The molecule has 0 aromatic heterocycles. The van der Waals surface area contributed by atoms with Gasteiger partial charge < -0.3 is 20.4 Å². The number of carboxylic acids is 2. The largest absolute Gasteiger partial charge is 0.504 e. The third kappa shape index (κ3) is 4.17. The van der Waals surface area contributed by atoms with Gasteiger partial charge in [-0.25, -0.2) is 0 Å². The lowest BCUT2D eigenvalue weighted by Crippen LogP contribution is -2.20. The first-order valence-electron chi connectivity index (χ1n) is 6.61. The summed E-state index contributed by atoms with van der Waals surface area (Å²) in [5, 5.41) is 36.0. The Kier molecular flexibility index (Phi) is 5.13. The number of benzene rings is 2. The third-order valence-electron chi connectivity index (χ3n) is 3.09.